The molecule has 2 aliphatic rings. The molecular weight excluding hydrogens is 516 g/mol. The first kappa shape index (κ1) is 25.2. The number of fused-ring (bicyclic) bond motifs is 1. The number of nitrogens with zero attached hydrogens (tertiary/aromatic N) is 2. The number of nitrogens with one attached hydrogen (secondary N) is 1. The number of aromatic nitrogens is 3. The van der Waals surface area contributed by atoms with Gasteiger partial charge in [0.1, 0.15) is 48.3 Å². The molecular formula is C24H20F4N4O4S. The van der Waals surface area contributed by atoms with Gasteiger partial charge in [0, 0.05) is 34.4 Å². The van der Waals surface area contributed by atoms with Gasteiger partial charge in [-0.1, -0.05) is 11.8 Å². The molecule has 0 spiro atoms. The maximum absolute atomic E-state index is 14.0. The molecule has 0 radical (unpaired) electrons. The van der Waals surface area contributed by atoms with E-state index in [2.05, 4.69) is 15.2 Å². The lowest BCUT2D eigenvalue weighted by Gasteiger charge is -2.27. The second-order valence-electron chi connectivity index (χ2n) is 8.97. The summed E-state index contributed by atoms with van der Waals surface area (Å²) in [6.07, 6.45) is 1.51. The summed E-state index contributed by atoms with van der Waals surface area (Å²) in [5, 5.41) is 6.62. The third-order valence-electron chi connectivity index (χ3n) is 6.70. The number of ether oxygens (including phenoxy) is 2. The minimum absolute atomic E-state index is 0.00745. The molecule has 194 valence electrons. The molecule has 2 saturated carbocycles. The smallest absolute Gasteiger partial charge is 0.326 e. The number of esters is 2. The fourth-order valence-electron chi connectivity index (χ4n) is 4.90. The van der Waals surface area contributed by atoms with E-state index in [0.29, 0.717) is 17.3 Å². The van der Waals surface area contributed by atoms with E-state index < -0.39 is 65.8 Å². The molecule has 3 N–H and O–H groups in total. The van der Waals surface area contributed by atoms with E-state index in [4.69, 9.17) is 15.2 Å². The average molecular weight is 537 g/mol. The Bertz CT molecular complexity index is 1340. The van der Waals surface area contributed by atoms with Gasteiger partial charge in [0.25, 0.3) is 0 Å². The van der Waals surface area contributed by atoms with Crippen molar-refractivity contribution in [2.45, 2.75) is 35.6 Å². The van der Waals surface area contributed by atoms with E-state index in [0.717, 1.165) is 18.2 Å². The van der Waals surface area contributed by atoms with Crippen LogP contribution in [0.15, 0.2) is 47.9 Å². The Balaban J connectivity index is 1.30. The summed E-state index contributed by atoms with van der Waals surface area (Å²) in [7, 11) is 0. The first-order chi connectivity index (χ1) is 17.7. The van der Waals surface area contributed by atoms with Crippen molar-refractivity contribution in [2.24, 2.45) is 23.5 Å². The number of halogens is 4. The zero-order valence-electron chi connectivity index (χ0n) is 19.0. The van der Waals surface area contributed by atoms with Gasteiger partial charge in [-0.3, -0.25) is 14.7 Å². The van der Waals surface area contributed by atoms with E-state index in [1.54, 1.807) is 0 Å². The molecule has 0 aliphatic heterocycles. The van der Waals surface area contributed by atoms with Crippen molar-refractivity contribution in [3.05, 3.63) is 77.1 Å². The Hall–Kier alpha value is -3.45. The van der Waals surface area contributed by atoms with Gasteiger partial charge in [-0.25, -0.2) is 22.5 Å². The summed E-state index contributed by atoms with van der Waals surface area (Å²) in [6, 6.07) is 5.78. The van der Waals surface area contributed by atoms with Crippen LogP contribution in [0.2, 0.25) is 0 Å². The van der Waals surface area contributed by atoms with Crippen LogP contribution in [0.4, 0.5) is 17.6 Å². The minimum atomic E-state index is -1.60. The second-order valence-corrected chi connectivity index (χ2v) is 10.2. The number of carbonyl (C=O) groups is 2. The molecule has 0 amide bonds. The van der Waals surface area contributed by atoms with Gasteiger partial charge in [0.2, 0.25) is 5.16 Å². The molecule has 2 fully saturated rings. The summed E-state index contributed by atoms with van der Waals surface area (Å²) in [4.78, 5) is 30.1. The van der Waals surface area contributed by atoms with Crippen molar-refractivity contribution in [2.75, 3.05) is 0 Å². The van der Waals surface area contributed by atoms with Crippen LogP contribution in [-0.2, 0) is 32.3 Å². The molecule has 5 rings (SSSR count). The third-order valence-corrected chi connectivity index (χ3v) is 7.89. The summed E-state index contributed by atoms with van der Waals surface area (Å²) in [5.41, 5.74) is 4.87. The van der Waals surface area contributed by atoms with E-state index in [-0.39, 0.29) is 28.7 Å². The molecule has 1 aromatic heterocycles. The summed E-state index contributed by atoms with van der Waals surface area (Å²) < 4.78 is 64.8. The molecule has 8 nitrogen and oxygen atoms in total. The molecule has 1 heterocycles. The number of carbonyl (C=O) groups excluding carboxylic acids is 2. The van der Waals surface area contributed by atoms with Crippen molar-refractivity contribution in [1.82, 2.24) is 15.2 Å². The second kappa shape index (κ2) is 9.78. The molecule has 13 heteroatoms. The number of H-pyrrole nitrogens is 1. The van der Waals surface area contributed by atoms with Crippen molar-refractivity contribution in [3.8, 4) is 0 Å². The van der Waals surface area contributed by atoms with Crippen molar-refractivity contribution in [1.29, 1.82) is 0 Å². The highest BCUT2D eigenvalue weighted by molar-refractivity contribution is 7.99. The number of benzene rings is 2. The molecule has 0 unspecified atom stereocenters. The van der Waals surface area contributed by atoms with Crippen LogP contribution in [0.1, 0.15) is 17.5 Å². The van der Waals surface area contributed by atoms with Crippen LogP contribution in [0.5, 0.6) is 0 Å². The summed E-state index contributed by atoms with van der Waals surface area (Å²) >= 11 is 1.23. The lowest BCUT2D eigenvalue weighted by Crippen LogP contribution is -2.51. The molecule has 0 saturated heterocycles. The predicted molar refractivity (Wildman–Crippen MR) is 120 cm³/mol. The van der Waals surface area contributed by atoms with Gasteiger partial charge < -0.3 is 15.2 Å². The van der Waals surface area contributed by atoms with E-state index in [1.807, 2.05) is 0 Å². The molecule has 5 atom stereocenters. The van der Waals surface area contributed by atoms with Crippen LogP contribution < -0.4 is 5.73 Å². The van der Waals surface area contributed by atoms with Crippen LogP contribution in [0.25, 0.3) is 0 Å². The highest BCUT2D eigenvalue weighted by atomic mass is 32.2. The maximum atomic E-state index is 14.0. The number of aromatic amines is 1. The standard InChI is InChI=1S/C24H20F4N4O4S/c25-13-3-1-11(15(27)5-13)8-35-21(33)19-18-17(37-23-30-10-31-32-23)7-24(29,20(18)19)22(34)36-9-12-2-4-14(26)6-16(12)28/h1-6,10,17-20H,7-9,29H2,(H,30,31,32)/t17-,18-,19-,20-,24-/m0/s1. The number of thioether (sulfide) groups is 1. The fourth-order valence-corrected chi connectivity index (χ4v) is 6.24. The van der Waals surface area contributed by atoms with Crippen LogP contribution >= 0.6 is 11.8 Å². The minimum Gasteiger partial charge on any atom is -0.460 e. The highest BCUT2D eigenvalue weighted by Gasteiger charge is 2.74. The first-order valence-corrected chi connectivity index (χ1v) is 12.1. The summed E-state index contributed by atoms with van der Waals surface area (Å²) in [6.45, 7) is -0.898. The van der Waals surface area contributed by atoms with Gasteiger partial charge in [0.05, 0.1) is 5.92 Å². The van der Waals surface area contributed by atoms with E-state index in [1.165, 1.54) is 24.2 Å². The summed E-state index contributed by atoms with van der Waals surface area (Å²) in [5.74, 6) is -6.61. The molecule has 2 aliphatic carbocycles. The number of hydrogen-bond donors (Lipinski definition) is 2. The Labute approximate surface area is 211 Å². The largest absolute Gasteiger partial charge is 0.460 e. The van der Waals surface area contributed by atoms with Crippen LogP contribution in [-0.4, -0.2) is 37.9 Å². The monoisotopic (exact) mass is 536 g/mol. The lowest BCUT2D eigenvalue weighted by molar-refractivity contribution is -0.153. The molecule has 2 aromatic carbocycles. The van der Waals surface area contributed by atoms with Crippen LogP contribution in [0.3, 0.4) is 0 Å². The quantitative estimate of drug-likeness (QED) is 0.333. The third kappa shape index (κ3) is 4.92. The van der Waals surface area contributed by atoms with Gasteiger partial charge in [0.15, 0.2) is 0 Å². The Morgan fingerprint density at radius 2 is 1.65 bits per heavy atom. The van der Waals surface area contributed by atoms with Gasteiger partial charge in [-0.05, 0) is 36.6 Å². The first-order valence-electron chi connectivity index (χ1n) is 11.2. The Morgan fingerprint density at radius 1 is 1.03 bits per heavy atom. The zero-order valence-corrected chi connectivity index (χ0v) is 19.8. The number of nitrogens with two attached hydrogens (primary N) is 1. The Morgan fingerprint density at radius 3 is 2.22 bits per heavy atom. The van der Waals surface area contributed by atoms with Gasteiger partial charge in [-0.2, -0.15) is 0 Å². The van der Waals surface area contributed by atoms with Crippen molar-refractivity contribution in [3.63, 3.8) is 0 Å². The van der Waals surface area contributed by atoms with E-state index >= 15 is 0 Å². The lowest BCUT2D eigenvalue weighted by atomic mass is 9.91. The normalized spacial score (nSPS) is 26.0. The average Bonchev–Trinajstić information content (AvgIpc) is 3.27. The SMILES string of the molecule is N[C@@]1(C(=O)OCc2ccc(F)cc2F)C[C@H](Sc2nc[nH]n2)[C@H]2[C@H](C(=O)OCc3ccc(F)cc3F)[C@H]21. The molecule has 0 bridgehead atoms. The van der Waals surface area contributed by atoms with Gasteiger partial charge >= 0.3 is 11.9 Å². The number of rotatable bonds is 8. The predicted octanol–water partition coefficient (Wildman–Crippen LogP) is 3.27. The molecule has 37 heavy (non-hydrogen) atoms. The topological polar surface area (TPSA) is 120 Å². The zero-order chi connectivity index (χ0) is 26.3. The van der Waals surface area contributed by atoms with Crippen LogP contribution in [0, 0.1) is 41.0 Å². The number of hydrogen-bond acceptors (Lipinski definition) is 8. The van der Waals surface area contributed by atoms with Crippen molar-refractivity contribution >= 4 is 23.7 Å². The Kier molecular flexibility index (Phi) is 6.67. The van der Waals surface area contributed by atoms with E-state index in [9.17, 15) is 27.2 Å². The van der Waals surface area contributed by atoms with Crippen molar-refractivity contribution < 1.29 is 36.6 Å². The fraction of sp³-hybridized carbons (Fsp3) is 0.333. The maximum Gasteiger partial charge on any atom is 0.326 e. The highest BCUT2D eigenvalue weighted by Crippen LogP contribution is 2.65. The van der Waals surface area contributed by atoms with Gasteiger partial charge in [-0.15, -0.1) is 5.10 Å². The molecule has 3 aromatic rings.